The molecule has 0 saturated carbocycles. The molecule has 100 valence electrons. The van der Waals surface area contributed by atoms with E-state index in [2.05, 4.69) is 55.3 Å². The molecule has 1 aromatic rings. The first-order chi connectivity index (χ1) is 8.50. The van der Waals surface area contributed by atoms with E-state index in [1.54, 1.807) is 0 Å². The molecule has 0 aromatic heterocycles. The Bertz CT molecular complexity index is 375. The predicted molar refractivity (Wildman–Crippen MR) is 79.0 cm³/mol. The van der Waals surface area contributed by atoms with Crippen LogP contribution in [0.1, 0.15) is 32.8 Å². The van der Waals surface area contributed by atoms with E-state index in [4.69, 9.17) is 0 Å². The Kier molecular flexibility index (Phi) is 3.96. The van der Waals surface area contributed by atoms with Crippen LogP contribution < -0.4 is 10.2 Å². The molecular weight excluding hydrogens is 220 g/mol. The lowest BCUT2D eigenvalue weighted by Crippen LogP contribution is -2.25. The molecule has 0 amide bonds. The number of rotatable bonds is 3. The number of nitrogens with zero attached hydrogens (tertiary/aromatic N) is 1. The zero-order valence-electron chi connectivity index (χ0n) is 12.2. The Hall–Kier alpha value is -1.02. The van der Waals surface area contributed by atoms with Crippen LogP contribution in [0.2, 0.25) is 0 Å². The Morgan fingerprint density at radius 2 is 1.89 bits per heavy atom. The second-order valence-electron chi connectivity index (χ2n) is 6.49. The summed E-state index contributed by atoms with van der Waals surface area (Å²) in [6, 6.07) is 8.99. The fraction of sp³-hybridized carbons (Fsp3) is 0.625. The largest absolute Gasteiger partial charge is 0.371 e. The molecule has 1 aliphatic heterocycles. The maximum atomic E-state index is 3.19. The van der Waals surface area contributed by atoms with E-state index in [1.165, 1.54) is 30.8 Å². The van der Waals surface area contributed by atoms with Crippen LogP contribution in [0.25, 0.3) is 0 Å². The maximum Gasteiger partial charge on any atom is 0.0366 e. The van der Waals surface area contributed by atoms with Crippen LogP contribution in [0.15, 0.2) is 24.3 Å². The van der Waals surface area contributed by atoms with Crippen LogP contribution in [0.4, 0.5) is 5.69 Å². The first-order valence-electron chi connectivity index (χ1n) is 6.99. The summed E-state index contributed by atoms with van der Waals surface area (Å²) in [7, 11) is 1.99. The van der Waals surface area contributed by atoms with Crippen LogP contribution in [0.5, 0.6) is 0 Å². The Morgan fingerprint density at radius 3 is 2.39 bits per heavy atom. The number of nitrogens with one attached hydrogen (secondary N) is 1. The average Bonchev–Trinajstić information content (AvgIpc) is 2.79. The maximum absolute atomic E-state index is 3.19. The smallest absolute Gasteiger partial charge is 0.0366 e. The van der Waals surface area contributed by atoms with Crippen molar-refractivity contribution < 1.29 is 0 Å². The Labute approximate surface area is 111 Å². The standard InChI is InChI=1S/C16H26N2/c1-16(2,3)14-9-10-18(12-14)15-7-5-13(6-8-15)11-17-4/h5-8,14,17H,9-12H2,1-4H3. The SMILES string of the molecule is CNCc1ccc(N2CCC(C(C)(C)C)C2)cc1. The van der Waals surface area contributed by atoms with Gasteiger partial charge in [-0.1, -0.05) is 32.9 Å². The lowest BCUT2D eigenvalue weighted by molar-refractivity contribution is 0.263. The van der Waals surface area contributed by atoms with Gasteiger partial charge in [0.1, 0.15) is 0 Å². The Morgan fingerprint density at radius 1 is 1.22 bits per heavy atom. The van der Waals surface area contributed by atoms with E-state index >= 15 is 0 Å². The van der Waals surface area contributed by atoms with Crippen molar-refractivity contribution in [1.82, 2.24) is 5.32 Å². The van der Waals surface area contributed by atoms with Crippen molar-refractivity contribution in [2.75, 3.05) is 25.0 Å². The molecule has 0 radical (unpaired) electrons. The third-order valence-corrected chi connectivity index (χ3v) is 4.10. The molecule has 2 rings (SSSR count). The zero-order valence-corrected chi connectivity index (χ0v) is 12.2. The van der Waals surface area contributed by atoms with Gasteiger partial charge in [0, 0.05) is 25.3 Å². The highest BCUT2D eigenvalue weighted by Crippen LogP contribution is 2.35. The highest BCUT2D eigenvalue weighted by molar-refractivity contribution is 5.48. The van der Waals surface area contributed by atoms with Gasteiger partial charge in [0.2, 0.25) is 0 Å². The zero-order chi connectivity index (χ0) is 13.2. The van der Waals surface area contributed by atoms with Gasteiger partial charge in [-0.15, -0.1) is 0 Å². The average molecular weight is 246 g/mol. The minimum absolute atomic E-state index is 0.431. The van der Waals surface area contributed by atoms with E-state index < -0.39 is 0 Å². The van der Waals surface area contributed by atoms with Gasteiger partial charge >= 0.3 is 0 Å². The Balaban J connectivity index is 2.01. The van der Waals surface area contributed by atoms with Crippen LogP contribution in [0, 0.1) is 11.3 Å². The molecule has 1 heterocycles. The van der Waals surface area contributed by atoms with Crippen molar-refractivity contribution >= 4 is 5.69 Å². The summed E-state index contributed by atoms with van der Waals surface area (Å²) >= 11 is 0. The van der Waals surface area contributed by atoms with Crippen LogP contribution in [-0.2, 0) is 6.54 Å². The predicted octanol–water partition coefficient (Wildman–Crippen LogP) is 3.28. The lowest BCUT2D eigenvalue weighted by atomic mass is 9.80. The van der Waals surface area contributed by atoms with Crippen LogP contribution in [-0.4, -0.2) is 20.1 Å². The van der Waals surface area contributed by atoms with Gasteiger partial charge in [-0.2, -0.15) is 0 Å². The second-order valence-corrected chi connectivity index (χ2v) is 6.49. The van der Waals surface area contributed by atoms with Crippen molar-refractivity contribution in [3.8, 4) is 0 Å². The molecule has 1 saturated heterocycles. The lowest BCUT2D eigenvalue weighted by Gasteiger charge is -2.27. The van der Waals surface area contributed by atoms with Gasteiger partial charge < -0.3 is 10.2 Å². The van der Waals surface area contributed by atoms with E-state index in [0.29, 0.717) is 5.41 Å². The highest BCUT2D eigenvalue weighted by atomic mass is 15.2. The van der Waals surface area contributed by atoms with Crippen molar-refractivity contribution in [3.63, 3.8) is 0 Å². The summed E-state index contributed by atoms with van der Waals surface area (Å²) in [6.45, 7) is 10.4. The van der Waals surface area contributed by atoms with Crippen molar-refractivity contribution in [2.24, 2.45) is 11.3 Å². The van der Waals surface area contributed by atoms with Gasteiger partial charge in [-0.05, 0) is 42.5 Å². The molecule has 2 heteroatoms. The highest BCUT2D eigenvalue weighted by Gasteiger charge is 2.31. The van der Waals surface area contributed by atoms with Crippen molar-refractivity contribution in [2.45, 2.75) is 33.7 Å². The first-order valence-corrected chi connectivity index (χ1v) is 6.99. The van der Waals surface area contributed by atoms with Crippen LogP contribution >= 0.6 is 0 Å². The fourth-order valence-electron chi connectivity index (χ4n) is 2.73. The summed E-state index contributed by atoms with van der Waals surface area (Å²) in [5.74, 6) is 0.814. The number of hydrogen-bond acceptors (Lipinski definition) is 2. The molecule has 0 bridgehead atoms. The molecule has 1 aromatic carbocycles. The molecule has 1 fully saturated rings. The van der Waals surface area contributed by atoms with E-state index in [9.17, 15) is 0 Å². The molecule has 1 aliphatic rings. The minimum atomic E-state index is 0.431. The molecule has 1 unspecified atom stereocenters. The topological polar surface area (TPSA) is 15.3 Å². The van der Waals surface area contributed by atoms with E-state index in [-0.39, 0.29) is 0 Å². The van der Waals surface area contributed by atoms with Gasteiger partial charge in [0.05, 0.1) is 0 Å². The van der Waals surface area contributed by atoms with E-state index in [0.717, 1.165) is 12.5 Å². The van der Waals surface area contributed by atoms with Crippen LogP contribution in [0.3, 0.4) is 0 Å². The van der Waals surface area contributed by atoms with Gasteiger partial charge in [0.15, 0.2) is 0 Å². The van der Waals surface area contributed by atoms with Crippen molar-refractivity contribution in [3.05, 3.63) is 29.8 Å². The molecule has 1 atom stereocenters. The fourth-order valence-corrected chi connectivity index (χ4v) is 2.73. The summed E-state index contributed by atoms with van der Waals surface area (Å²) in [5, 5.41) is 3.19. The molecule has 0 aliphatic carbocycles. The van der Waals surface area contributed by atoms with Crippen molar-refractivity contribution in [1.29, 1.82) is 0 Å². The second kappa shape index (κ2) is 5.31. The quantitative estimate of drug-likeness (QED) is 0.880. The monoisotopic (exact) mass is 246 g/mol. The first kappa shape index (κ1) is 13.4. The number of benzene rings is 1. The molecule has 2 nitrogen and oxygen atoms in total. The normalized spacial score (nSPS) is 20.4. The van der Waals surface area contributed by atoms with E-state index in [1.807, 2.05) is 7.05 Å². The van der Waals surface area contributed by atoms with Gasteiger partial charge in [0.25, 0.3) is 0 Å². The van der Waals surface area contributed by atoms with Gasteiger partial charge in [-0.25, -0.2) is 0 Å². The molecule has 18 heavy (non-hydrogen) atoms. The number of anilines is 1. The summed E-state index contributed by atoms with van der Waals surface area (Å²) < 4.78 is 0. The minimum Gasteiger partial charge on any atom is -0.371 e. The summed E-state index contributed by atoms with van der Waals surface area (Å²) in [5.41, 5.74) is 3.16. The third kappa shape index (κ3) is 3.05. The van der Waals surface area contributed by atoms with Gasteiger partial charge in [-0.3, -0.25) is 0 Å². The summed E-state index contributed by atoms with van der Waals surface area (Å²) in [4.78, 5) is 2.53. The number of hydrogen-bond donors (Lipinski definition) is 1. The molecule has 0 spiro atoms. The molecule has 1 N–H and O–H groups in total. The molecular formula is C16H26N2. The summed E-state index contributed by atoms with van der Waals surface area (Å²) in [6.07, 6.45) is 1.32. The third-order valence-electron chi connectivity index (χ3n) is 4.10.